The number of rotatable bonds is 3. The number of nitrogens with one attached hydrogen (secondary N) is 2. The van der Waals surface area contributed by atoms with Gasteiger partial charge in [-0.2, -0.15) is 0 Å². The Hall–Kier alpha value is -2.63. The van der Waals surface area contributed by atoms with Crippen LogP contribution in [0.3, 0.4) is 0 Å². The van der Waals surface area contributed by atoms with Crippen LogP contribution in [0.4, 0.5) is 25.8 Å². The van der Waals surface area contributed by atoms with Crippen LogP contribution in [0, 0.1) is 18.6 Å². The van der Waals surface area contributed by atoms with Crippen molar-refractivity contribution in [3.63, 3.8) is 0 Å². The summed E-state index contributed by atoms with van der Waals surface area (Å²) < 4.78 is 27.7. The number of anilines is 3. The van der Waals surface area contributed by atoms with Gasteiger partial charge in [-0.1, -0.05) is 6.07 Å². The Balaban J connectivity index is 2.45. The summed E-state index contributed by atoms with van der Waals surface area (Å²) in [7, 11) is 1.49. The van der Waals surface area contributed by atoms with Gasteiger partial charge < -0.3 is 16.4 Å². The van der Waals surface area contributed by atoms with Gasteiger partial charge in [0, 0.05) is 12.6 Å². The molecule has 0 saturated heterocycles. The van der Waals surface area contributed by atoms with E-state index in [2.05, 4.69) is 10.6 Å². The van der Waals surface area contributed by atoms with Crippen LogP contribution in [0.1, 0.15) is 15.9 Å². The molecule has 0 saturated carbocycles. The van der Waals surface area contributed by atoms with Crippen molar-refractivity contribution in [2.75, 3.05) is 18.1 Å². The zero-order valence-electron chi connectivity index (χ0n) is 11.6. The van der Waals surface area contributed by atoms with E-state index in [1.165, 1.54) is 44.3 Å². The average molecular weight is 291 g/mol. The second-order valence-corrected chi connectivity index (χ2v) is 4.56. The smallest absolute Gasteiger partial charge is 0.251 e. The van der Waals surface area contributed by atoms with Crippen molar-refractivity contribution in [3.05, 3.63) is 53.1 Å². The van der Waals surface area contributed by atoms with Crippen molar-refractivity contribution in [3.8, 4) is 0 Å². The molecule has 110 valence electrons. The zero-order valence-corrected chi connectivity index (χ0v) is 11.6. The van der Waals surface area contributed by atoms with E-state index in [4.69, 9.17) is 5.73 Å². The Bertz CT molecular complexity index is 702. The number of amides is 1. The average Bonchev–Trinajstić information content (AvgIpc) is 2.48. The molecule has 0 heterocycles. The minimum atomic E-state index is -0.733. The third-order valence-corrected chi connectivity index (χ3v) is 3.09. The van der Waals surface area contributed by atoms with Crippen molar-refractivity contribution in [2.24, 2.45) is 0 Å². The first-order valence-corrected chi connectivity index (χ1v) is 6.27. The molecule has 0 unspecified atom stereocenters. The van der Waals surface area contributed by atoms with Crippen LogP contribution in [-0.2, 0) is 0 Å². The highest BCUT2D eigenvalue weighted by molar-refractivity contribution is 5.96. The van der Waals surface area contributed by atoms with Gasteiger partial charge in [-0.15, -0.1) is 0 Å². The number of aryl methyl sites for hydroxylation is 1. The summed E-state index contributed by atoms with van der Waals surface area (Å²) in [4.78, 5) is 11.6. The minimum Gasteiger partial charge on any atom is -0.397 e. The molecule has 21 heavy (non-hydrogen) atoms. The van der Waals surface area contributed by atoms with E-state index in [1.54, 1.807) is 0 Å². The predicted molar refractivity (Wildman–Crippen MR) is 78.6 cm³/mol. The summed E-state index contributed by atoms with van der Waals surface area (Å²) in [5, 5.41) is 5.08. The van der Waals surface area contributed by atoms with Gasteiger partial charge in [0.1, 0.15) is 11.5 Å². The first-order chi connectivity index (χ1) is 9.93. The zero-order chi connectivity index (χ0) is 15.6. The summed E-state index contributed by atoms with van der Waals surface area (Å²) in [6.45, 7) is 1.53. The van der Waals surface area contributed by atoms with Crippen LogP contribution in [0.25, 0.3) is 0 Å². The molecule has 0 aromatic heterocycles. The van der Waals surface area contributed by atoms with E-state index in [0.29, 0.717) is 11.1 Å². The lowest BCUT2D eigenvalue weighted by Gasteiger charge is -2.13. The lowest BCUT2D eigenvalue weighted by atomic mass is 10.1. The highest BCUT2D eigenvalue weighted by Crippen LogP contribution is 2.29. The van der Waals surface area contributed by atoms with Gasteiger partial charge in [0.25, 0.3) is 5.91 Å². The molecule has 0 aliphatic heterocycles. The molecule has 4 N–H and O–H groups in total. The van der Waals surface area contributed by atoms with Gasteiger partial charge in [0.15, 0.2) is 5.82 Å². The first kappa shape index (κ1) is 14.8. The molecule has 2 aromatic rings. The van der Waals surface area contributed by atoms with E-state index in [1.807, 2.05) is 0 Å². The van der Waals surface area contributed by atoms with Crippen molar-refractivity contribution in [2.45, 2.75) is 6.92 Å². The van der Waals surface area contributed by atoms with Crippen LogP contribution in [-0.4, -0.2) is 13.0 Å². The second kappa shape index (κ2) is 5.78. The van der Waals surface area contributed by atoms with Gasteiger partial charge in [-0.25, -0.2) is 8.78 Å². The van der Waals surface area contributed by atoms with Crippen molar-refractivity contribution >= 4 is 23.0 Å². The van der Waals surface area contributed by atoms with Gasteiger partial charge in [-0.05, 0) is 36.8 Å². The highest BCUT2D eigenvalue weighted by atomic mass is 19.1. The quantitative estimate of drug-likeness (QED) is 0.762. The number of carbonyl (C=O) groups excluding carboxylic acids is 1. The molecule has 2 rings (SSSR count). The molecule has 0 fully saturated rings. The normalized spacial score (nSPS) is 10.3. The Kier molecular flexibility index (Phi) is 4.07. The van der Waals surface area contributed by atoms with E-state index < -0.39 is 11.6 Å². The summed E-state index contributed by atoms with van der Waals surface area (Å²) in [6, 6.07) is 6.98. The standard InChI is InChI=1S/C15H15F2N3O/c1-8-3-5-10(16)14(13(8)17)20-12-7-9(15(21)19-2)4-6-11(12)18/h3-7,20H,18H2,1-2H3,(H,19,21). The molecule has 0 atom stereocenters. The predicted octanol–water partition coefficient (Wildman–Crippen LogP) is 2.96. The van der Waals surface area contributed by atoms with Gasteiger partial charge in [0.2, 0.25) is 0 Å². The molecule has 2 aromatic carbocycles. The molecule has 6 heteroatoms. The van der Waals surface area contributed by atoms with Crippen LogP contribution < -0.4 is 16.4 Å². The van der Waals surface area contributed by atoms with E-state index in [0.717, 1.165) is 0 Å². The van der Waals surface area contributed by atoms with Crippen molar-refractivity contribution < 1.29 is 13.6 Å². The van der Waals surface area contributed by atoms with Gasteiger partial charge in [-0.3, -0.25) is 4.79 Å². The summed E-state index contributed by atoms with van der Waals surface area (Å²) in [5.74, 6) is -1.74. The van der Waals surface area contributed by atoms with Crippen molar-refractivity contribution in [1.82, 2.24) is 5.32 Å². The topological polar surface area (TPSA) is 67.2 Å². The molecular formula is C15H15F2N3O. The SMILES string of the molecule is CNC(=O)c1ccc(N)c(Nc2c(F)ccc(C)c2F)c1. The van der Waals surface area contributed by atoms with Gasteiger partial charge in [0.05, 0.1) is 11.4 Å². The third-order valence-electron chi connectivity index (χ3n) is 3.09. The Morgan fingerprint density at radius 1 is 1.19 bits per heavy atom. The number of carbonyl (C=O) groups is 1. The molecule has 0 bridgehead atoms. The summed E-state index contributed by atoms with van der Waals surface area (Å²) in [5.41, 5.74) is 6.67. The maximum atomic E-state index is 14.0. The molecule has 1 amide bonds. The third kappa shape index (κ3) is 2.94. The largest absolute Gasteiger partial charge is 0.397 e. The molecule has 4 nitrogen and oxygen atoms in total. The summed E-state index contributed by atoms with van der Waals surface area (Å²) >= 11 is 0. The maximum absolute atomic E-state index is 14.0. The van der Waals surface area contributed by atoms with Crippen LogP contribution >= 0.6 is 0 Å². The number of nitrogens with two attached hydrogens (primary N) is 1. The van der Waals surface area contributed by atoms with E-state index in [-0.39, 0.29) is 23.0 Å². The Labute approximate surface area is 121 Å². The molecule has 0 aliphatic rings. The molecule has 0 spiro atoms. The van der Waals surface area contributed by atoms with E-state index in [9.17, 15) is 13.6 Å². The lowest BCUT2D eigenvalue weighted by Crippen LogP contribution is -2.18. The first-order valence-electron chi connectivity index (χ1n) is 6.27. The monoisotopic (exact) mass is 291 g/mol. The van der Waals surface area contributed by atoms with Gasteiger partial charge >= 0.3 is 0 Å². The van der Waals surface area contributed by atoms with E-state index >= 15 is 0 Å². The number of hydrogen-bond acceptors (Lipinski definition) is 3. The second-order valence-electron chi connectivity index (χ2n) is 4.56. The number of nitrogen functional groups attached to an aromatic ring is 1. The van der Waals surface area contributed by atoms with Crippen LogP contribution in [0.5, 0.6) is 0 Å². The number of halogens is 2. The molecule has 0 aliphatic carbocycles. The number of hydrogen-bond donors (Lipinski definition) is 3. The number of benzene rings is 2. The fourth-order valence-corrected chi connectivity index (χ4v) is 1.86. The lowest BCUT2D eigenvalue weighted by molar-refractivity contribution is 0.0963. The highest BCUT2D eigenvalue weighted by Gasteiger charge is 2.14. The Morgan fingerprint density at radius 2 is 1.90 bits per heavy atom. The molecular weight excluding hydrogens is 276 g/mol. The fraction of sp³-hybridized carbons (Fsp3) is 0.133. The fourth-order valence-electron chi connectivity index (χ4n) is 1.86. The van der Waals surface area contributed by atoms with Crippen molar-refractivity contribution in [1.29, 1.82) is 0 Å². The Morgan fingerprint density at radius 3 is 2.57 bits per heavy atom. The molecule has 0 radical (unpaired) electrons. The van der Waals surface area contributed by atoms with Crippen LogP contribution in [0.2, 0.25) is 0 Å². The van der Waals surface area contributed by atoms with Crippen LogP contribution in [0.15, 0.2) is 30.3 Å². The maximum Gasteiger partial charge on any atom is 0.251 e. The summed E-state index contributed by atoms with van der Waals surface area (Å²) in [6.07, 6.45) is 0. The minimum absolute atomic E-state index is 0.263.